The molecule has 0 radical (unpaired) electrons. The van der Waals surface area contributed by atoms with Gasteiger partial charge in [0.1, 0.15) is 30.6 Å². The van der Waals surface area contributed by atoms with Crippen LogP contribution in [0, 0.1) is 0 Å². The van der Waals surface area contributed by atoms with E-state index in [1.807, 2.05) is 55.4 Å². The van der Waals surface area contributed by atoms with Gasteiger partial charge < -0.3 is 24.5 Å². The first-order valence-electron chi connectivity index (χ1n) is 13.3. The molecule has 1 unspecified atom stereocenters. The fourth-order valence-corrected chi connectivity index (χ4v) is 5.35. The third-order valence-corrected chi connectivity index (χ3v) is 7.48. The molecule has 0 bridgehead atoms. The lowest BCUT2D eigenvalue weighted by molar-refractivity contribution is -0.0269. The lowest BCUT2D eigenvalue weighted by Crippen LogP contribution is -2.46. The zero-order chi connectivity index (χ0) is 28.8. The number of piperazine rings is 1. The van der Waals surface area contributed by atoms with Crippen molar-refractivity contribution in [1.82, 2.24) is 19.7 Å². The quantitative estimate of drug-likeness (QED) is 0.202. The number of aromatic nitrogens is 3. The molecule has 1 aliphatic heterocycles. The van der Waals surface area contributed by atoms with Crippen molar-refractivity contribution in [3.8, 4) is 5.75 Å². The SMILES string of the molecule is CN(C)C=Nc1ccc(N2CCN(c3ccc(OCC(O)(Cn4cncn4)c4ccc(Cl)cc4Cl)cc3)CC2)cc1. The molecule has 0 saturated carbocycles. The molecule has 0 amide bonds. The summed E-state index contributed by atoms with van der Waals surface area (Å²) in [6.07, 6.45) is 4.76. The summed E-state index contributed by atoms with van der Waals surface area (Å²) in [4.78, 5) is 15.1. The zero-order valence-corrected chi connectivity index (χ0v) is 24.6. The van der Waals surface area contributed by atoms with Crippen molar-refractivity contribution < 1.29 is 9.84 Å². The molecule has 4 aromatic rings. The van der Waals surface area contributed by atoms with E-state index in [1.54, 1.807) is 35.5 Å². The molecule has 1 N–H and O–H groups in total. The van der Waals surface area contributed by atoms with E-state index in [0.717, 1.165) is 37.6 Å². The normalized spacial score (nSPS) is 15.2. The molecular formula is C30H33Cl2N7O2. The molecule has 1 aliphatic rings. The van der Waals surface area contributed by atoms with Gasteiger partial charge in [-0.25, -0.2) is 14.7 Å². The van der Waals surface area contributed by atoms with E-state index in [9.17, 15) is 5.11 Å². The molecule has 1 fully saturated rings. The highest BCUT2D eigenvalue weighted by molar-refractivity contribution is 6.35. The molecule has 0 spiro atoms. The van der Waals surface area contributed by atoms with Crippen molar-refractivity contribution in [2.75, 3.05) is 56.7 Å². The van der Waals surface area contributed by atoms with Gasteiger partial charge in [-0.3, -0.25) is 0 Å². The average Bonchev–Trinajstić information content (AvgIpc) is 3.48. The zero-order valence-electron chi connectivity index (χ0n) is 23.1. The number of hydrogen-bond acceptors (Lipinski definition) is 7. The number of nitrogens with zero attached hydrogens (tertiary/aromatic N) is 7. The summed E-state index contributed by atoms with van der Waals surface area (Å²) in [7, 11) is 3.91. The second-order valence-corrected chi connectivity index (χ2v) is 11.1. The van der Waals surface area contributed by atoms with Gasteiger partial charge in [0.15, 0.2) is 0 Å². The predicted octanol–water partition coefficient (Wildman–Crippen LogP) is 5.10. The van der Waals surface area contributed by atoms with Crippen LogP contribution in [0.15, 0.2) is 84.4 Å². The maximum atomic E-state index is 11.7. The van der Waals surface area contributed by atoms with Gasteiger partial charge in [-0.1, -0.05) is 29.3 Å². The van der Waals surface area contributed by atoms with Gasteiger partial charge >= 0.3 is 0 Å². The molecule has 41 heavy (non-hydrogen) atoms. The fraction of sp³-hybridized carbons (Fsp3) is 0.300. The average molecular weight is 595 g/mol. The standard InChI is InChI=1S/C30H33Cl2N7O2/c1-36(2)22-34-24-4-6-25(7-5-24)37-13-15-38(16-14-37)26-8-10-27(11-9-26)41-19-30(40,18-39-21-33-20-35-39)28-12-3-23(31)17-29(28)32/h3-12,17,20-22,40H,13-16,18-19H2,1-2H3. The summed E-state index contributed by atoms with van der Waals surface area (Å²) in [5.41, 5.74) is 2.32. The van der Waals surface area contributed by atoms with Crippen LogP contribution in [0.3, 0.4) is 0 Å². The monoisotopic (exact) mass is 593 g/mol. The maximum Gasteiger partial charge on any atom is 0.144 e. The van der Waals surface area contributed by atoms with Crippen molar-refractivity contribution in [2.24, 2.45) is 4.99 Å². The molecular weight excluding hydrogens is 561 g/mol. The van der Waals surface area contributed by atoms with Crippen molar-refractivity contribution >= 4 is 46.6 Å². The Morgan fingerprint density at radius 3 is 2.15 bits per heavy atom. The summed E-state index contributed by atoms with van der Waals surface area (Å²) >= 11 is 12.5. The van der Waals surface area contributed by atoms with Gasteiger partial charge in [0.2, 0.25) is 0 Å². The number of ether oxygens (including phenoxy) is 1. The minimum atomic E-state index is -1.46. The van der Waals surface area contributed by atoms with E-state index in [-0.39, 0.29) is 13.2 Å². The second-order valence-electron chi connectivity index (χ2n) is 10.2. The highest BCUT2D eigenvalue weighted by atomic mass is 35.5. The highest BCUT2D eigenvalue weighted by Gasteiger charge is 2.34. The summed E-state index contributed by atoms with van der Waals surface area (Å²) < 4.78 is 7.62. The largest absolute Gasteiger partial charge is 0.490 e. The van der Waals surface area contributed by atoms with Gasteiger partial charge in [0.05, 0.1) is 18.6 Å². The first kappa shape index (κ1) is 28.7. The minimum absolute atomic E-state index is 0.0362. The van der Waals surface area contributed by atoms with Gasteiger partial charge in [-0.15, -0.1) is 0 Å². The summed E-state index contributed by atoms with van der Waals surface area (Å²) in [6.45, 7) is 3.75. The molecule has 11 heteroatoms. The molecule has 2 heterocycles. The number of aliphatic imine (C=N–C) groups is 1. The lowest BCUT2D eigenvalue weighted by atomic mass is 9.94. The van der Waals surface area contributed by atoms with Crippen LogP contribution in [0.25, 0.3) is 0 Å². The maximum absolute atomic E-state index is 11.7. The van der Waals surface area contributed by atoms with Crippen molar-refractivity contribution in [3.05, 3.63) is 95.0 Å². The van der Waals surface area contributed by atoms with Crippen LogP contribution in [-0.2, 0) is 12.1 Å². The molecule has 0 aliphatic carbocycles. The van der Waals surface area contributed by atoms with E-state index in [4.69, 9.17) is 27.9 Å². The minimum Gasteiger partial charge on any atom is -0.490 e. The number of aliphatic hydroxyl groups is 1. The second kappa shape index (κ2) is 12.8. The summed E-state index contributed by atoms with van der Waals surface area (Å²) in [6, 6.07) is 21.3. The summed E-state index contributed by atoms with van der Waals surface area (Å²) in [5.74, 6) is 0.645. The Morgan fingerprint density at radius 1 is 0.951 bits per heavy atom. The van der Waals surface area contributed by atoms with E-state index < -0.39 is 5.60 Å². The Hall–Kier alpha value is -3.79. The van der Waals surface area contributed by atoms with Crippen LogP contribution in [-0.4, -0.2) is 78.0 Å². The van der Waals surface area contributed by atoms with Gasteiger partial charge in [-0.05, 0) is 60.7 Å². The van der Waals surface area contributed by atoms with Crippen molar-refractivity contribution in [1.29, 1.82) is 0 Å². The first-order chi connectivity index (χ1) is 19.8. The van der Waals surface area contributed by atoms with E-state index in [2.05, 4.69) is 37.0 Å². The molecule has 9 nitrogen and oxygen atoms in total. The molecule has 1 aromatic heterocycles. The lowest BCUT2D eigenvalue weighted by Gasteiger charge is -2.37. The Kier molecular flexibility index (Phi) is 8.97. The number of benzene rings is 3. The number of hydrogen-bond donors (Lipinski definition) is 1. The smallest absolute Gasteiger partial charge is 0.144 e. The molecule has 1 atom stereocenters. The van der Waals surface area contributed by atoms with Gasteiger partial charge in [0, 0.05) is 67.3 Å². The molecule has 214 valence electrons. The Balaban J connectivity index is 1.19. The predicted molar refractivity (Wildman–Crippen MR) is 165 cm³/mol. The topological polar surface area (TPSA) is 82.2 Å². The fourth-order valence-electron chi connectivity index (χ4n) is 4.77. The third kappa shape index (κ3) is 7.30. The van der Waals surface area contributed by atoms with E-state index >= 15 is 0 Å². The van der Waals surface area contributed by atoms with E-state index in [0.29, 0.717) is 21.4 Å². The third-order valence-electron chi connectivity index (χ3n) is 6.93. The Labute approximate surface area is 250 Å². The summed E-state index contributed by atoms with van der Waals surface area (Å²) in [5, 5.41) is 16.6. The Morgan fingerprint density at radius 2 is 1.59 bits per heavy atom. The number of anilines is 2. The van der Waals surface area contributed by atoms with Gasteiger partial charge in [-0.2, -0.15) is 5.10 Å². The van der Waals surface area contributed by atoms with Crippen LogP contribution >= 0.6 is 23.2 Å². The van der Waals surface area contributed by atoms with Crippen molar-refractivity contribution in [2.45, 2.75) is 12.1 Å². The van der Waals surface area contributed by atoms with Crippen LogP contribution in [0.2, 0.25) is 10.0 Å². The van der Waals surface area contributed by atoms with E-state index in [1.165, 1.54) is 12.0 Å². The number of halogens is 2. The van der Waals surface area contributed by atoms with Crippen LogP contribution in [0.4, 0.5) is 17.1 Å². The molecule has 1 saturated heterocycles. The number of rotatable bonds is 10. The highest BCUT2D eigenvalue weighted by Crippen LogP contribution is 2.33. The van der Waals surface area contributed by atoms with Gasteiger partial charge in [0.25, 0.3) is 0 Å². The van der Waals surface area contributed by atoms with Crippen LogP contribution in [0.5, 0.6) is 5.75 Å². The molecule has 3 aromatic carbocycles. The Bertz CT molecular complexity index is 1440. The van der Waals surface area contributed by atoms with Crippen LogP contribution in [0.1, 0.15) is 5.56 Å². The van der Waals surface area contributed by atoms with Crippen molar-refractivity contribution in [3.63, 3.8) is 0 Å². The first-order valence-corrected chi connectivity index (χ1v) is 14.1. The molecule has 5 rings (SSSR count). The van der Waals surface area contributed by atoms with Crippen LogP contribution < -0.4 is 14.5 Å².